The fraction of sp³-hybridized carbons (Fsp3) is 0.375. The zero-order valence-electron chi connectivity index (χ0n) is 13.3. The Morgan fingerprint density at radius 1 is 0.762 bits per heavy atom. The summed E-state index contributed by atoms with van der Waals surface area (Å²) in [5, 5.41) is 0. The van der Waals surface area contributed by atoms with Gasteiger partial charge in [-0.05, 0) is 38.5 Å². The van der Waals surface area contributed by atoms with Gasteiger partial charge in [-0.1, -0.05) is 0 Å². The number of benzene rings is 1. The molecule has 0 aliphatic carbocycles. The molecule has 0 spiro atoms. The molecule has 5 heteroatoms. The second-order valence-corrected chi connectivity index (χ2v) is 4.72. The third-order valence-corrected chi connectivity index (χ3v) is 3.58. The molecule has 0 radical (unpaired) electrons. The van der Waals surface area contributed by atoms with Crippen LogP contribution in [0.5, 0.6) is 17.2 Å². The molecule has 112 valence electrons. The number of aryl methyl sites for hydroxylation is 2. The summed E-state index contributed by atoms with van der Waals surface area (Å²) in [6.07, 6.45) is 0. The number of ether oxygens (including phenoxy) is 3. The molecule has 0 saturated carbocycles. The van der Waals surface area contributed by atoms with Crippen molar-refractivity contribution in [2.24, 2.45) is 0 Å². The highest BCUT2D eigenvalue weighted by Crippen LogP contribution is 2.43. The van der Waals surface area contributed by atoms with Gasteiger partial charge in [-0.15, -0.1) is 0 Å². The molecule has 1 aromatic heterocycles. The normalized spacial score (nSPS) is 10.4. The first-order valence-electron chi connectivity index (χ1n) is 6.64. The summed E-state index contributed by atoms with van der Waals surface area (Å²) >= 11 is 0. The van der Waals surface area contributed by atoms with Crippen molar-refractivity contribution in [3.63, 3.8) is 0 Å². The Bertz CT molecular complexity index is 646. The fourth-order valence-electron chi connectivity index (χ4n) is 2.17. The van der Waals surface area contributed by atoms with E-state index >= 15 is 0 Å². The van der Waals surface area contributed by atoms with Crippen LogP contribution in [-0.4, -0.2) is 31.3 Å². The lowest BCUT2D eigenvalue weighted by atomic mass is 10.1. The molecule has 0 bridgehead atoms. The second kappa shape index (κ2) is 5.99. The molecule has 2 aromatic rings. The minimum atomic E-state index is 0.539. The largest absolute Gasteiger partial charge is 0.493 e. The number of hydrogen-bond acceptors (Lipinski definition) is 5. The van der Waals surface area contributed by atoms with Gasteiger partial charge < -0.3 is 14.2 Å². The van der Waals surface area contributed by atoms with Crippen LogP contribution in [0.25, 0.3) is 11.4 Å². The van der Waals surface area contributed by atoms with E-state index in [-0.39, 0.29) is 0 Å². The van der Waals surface area contributed by atoms with E-state index in [4.69, 9.17) is 14.2 Å². The third kappa shape index (κ3) is 2.63. The van der Waals surface area contributed by atoms with E-state index < -0.39 is 0 Å². The molecule has 1 heterocycles. The molecule has 2 rings (SSSR count). The maximum atomic E-state index is 5.49. The predicted octanol–water partition coefficient (Wildman–Crippen LogP) is 3.09. The molecule has 0 unspecified atom stereocenters. The average molecular weight is 288 g/mol. The summed E-state index contributed by atoms with van der Waals surface area (Å²) in [5.41, 5.74) is 3.78. The van der Waals surface area contributed by atoms with E-state index in [0.29, 0.717) is 23.1 Å². The van der Waals surface area contributed by atoms with Crippen molar-refractivity contribution in [3.8, 4) is 28.6 Å². The van der Waals surface area contributed by atoms with Crippen molar-refractivity contribution >= 4 is 0 Å². The molecular formula is C16H20N2O3. The summed E-state index contributed by atoms with van der Waals surface area (Å²) < 4.78 is 16.2. The lowest BCUT2D eigenvalue weighted by Crippen LogP contribution is -2.02. The van der Waals surface area contributed by atoms with E-state index in [2.05, 4.69) is 9.97 Å². The maximum absolute atomic E-state index is 5.49. The topological polar surface area (TPSA) is 53.5 Å². The first kappa shape index (κ1) is 15.1. The van der Waals surface area contributed by atoms with E-state index in [1.165, 1.54) is 0 Å². The molecule has 0 amide bonds. The predicted molar refractivity (Wildman–Crippen MR) is 81.3 cm³/mol. The van der Waals surface area contributed by atoms with Crippen molar-refractivity contribution in [2.75, 3.05) is 21.3 Å². The minimum absolute atomic E-state index is 0.539. The number of nitrogens with zero attached hydrogens (tertiary/aromatic N) is 2. The van der Waals surface area contributed by atoms with Crippen LogP contribution in [-0.2, 0) is 0 Å². The van der Waals surface area contributed by atoms with Crippen molar-refractivity contribution in [1.82, 2.24) is 9.97 Å². The first-order chi connectivity index (χ1) is 10.0. The number of hydrogen-bond donors (Lipinski definition) is 0. The number of methoxy groups -OCH3 is 3. The highest BCUT2D eigenvalue weighted by atomic mass is 16.5. The van der Waals surface area contributed by atoms with Crippen LogP contribution in [0, 0.1) is 20.8 Å². The highest BCUT2D eigenvalue weighted by Gasteiger charge is 2.19. The van der Waals surface area contributed by atoms with Gasteiger partial charge in [0.1, 0.15) is 0 Å². The fourth-order valence-corrected chi connectivity index (χ4v) is 2.17. The SMILES string of the molecule is COc1ccc(-c2nc(C)c(C)c(C)n2)c(OC)c1OC. The monoisotopic (exact) mass is 288 g/mol. The minimum Gasteiger partial charge on any atom is -0.493 e. The van der Waals surface area contributed by atoms with Gasteiger partial charge in [-0.2, -0.15) is 0 Å². The quantitative estimate of drug-likeness (QED) is 0.865. The third-order valence-electron chi connectivity index (χ3n) is 3.58. The van der Waals surface area contributed by atoms with Crippen molar-refractivity contribution in [3.05, 3.63) is 29.1 Å². The molecule has 0 N–H and O–H groups in total. The Labute approximate surface area is 124 Å². The maximum Gasteiger partial charge on any atom is 0.204 e. The van der Waals surface area contributed by atoms with E-state index in [0.717, 1.165) is 22.5 Å². The zero-order valence-corrected chi connectivity index (χ0v) is 13.3. The summed E-state index contributed by atoms with van der Waals surface area (Å²) in [5.74, 6) is 2.34. The lowest BCUT2D eigenvalue weighted by Gasteiger charge is -2.16. The van der Waals surface area contributed by atoms with Crippen LogP contribution in [0.4, 0.5) is 0 Å². The Morgan fingerprint density at radius 2 is 1.33 bits per heavy atom. The first-order valence-corrected chi connectivity index (χ1v) is 6.64. The summed E-state index contributed by atoms with van der Waals surface area (Å²) in [6.45, 7) is 5.96. The molecule has 0 atom stereocenters. The van der Waals surface area contributed by atoms with Gasteiger partial charge in [0, 0.05) is 11.4 Å². The van der Waals surface area contributed by atoms with Crippen LogP contribution in [0.15, 0.2) is 12.1 Å². The molecule has 0 aliphatic rings. The molecule has 21 heavy (non-hydrogen) atoms. The van der Waals surface area contributed by atoms with Gasteiger partial charge in [0.2, 0.25) is 5.75 Å². The van der Waals surface area contributed by atoms with Gasteiger partial charge in [0.25, 0.3) is 0 Å². The lowest BCUT2D eigenvalue weighted by molar-refractivity contribution is 0.325. The van der Waals surface area contributed by atoms with Gasteiger partial charge >= 0.3 is 0 Å². The van der Waals surface area contributed by atoms with Gasteiger partial charge in [0.15, 0.2) is 17.3 Å². The standard InChI is InChI=1S/C16H20N2O3/c1-9-10(2)17-16(18-11(9)3)12-7-8-13(19-4)15(21-6)14(12)20-5/h7-8H,1-6H3. The molecule has 0 fully saturated rings. The van der Waals surface area contributed by atoms with Crippen LogP contribution < -0.4 is 14.2 Å². The molecule has 0 saturated heterocycles. The van der Waals surface area contributed by atoms with Crippen molar-refractivity contribution in [2.45, 2.75) is 20.8 Å². The summed E-state index contributed by atoms with van der Waals surface area (Å²) in [4.78, 5) is 9.11. The van der Waals surface area contributed by atoms with Gasteiger partial charge in [-0.3, -0.25) is 0 Å². The Kier molecular flexibility index (Phi) is 4.31. The highest BCUT2D eigenvalue weighted by molar-refractivity contribution is 5.72. The summed E-state index contributed by atoms with van der Waals surface area (Å²) in [7, 11) is 4.76. The number of aromatic nitrogens is 2. The van der Waals surface area contributed by atoms with E-state index in [9.17, 15) is 0 Å². The van der Waals surface area contributed by atoms with Crippen LogP contribution in [0.3, 0.4) is 0 Å². The van der Waals surface area contributed by atoms with Gasteiger partial charge in [0.05, 0.1) is 26.9 Å². The van der Waals surface area contributed by atoms with E-state index in [1.807, 2.05) is 32.9 Å². The molecular weight excluding hydrogens is 268 g/mol. The smallest absolute Gasteiger partial charge is 0.204 e. The van der Waals surface area contributed by atoms with Crippen LogP contribution in [0.1, 0.15) is 17.0 Å². The molecule has 5 nitrogen and oxygen atoms in total. The van der Waals surface area contributed by atoms with Crippen molar-refractivity contribution < 1.29 is 14.2 Å². The average Bonchev–Trinajstić information content (AvgIpc) is 2.50. The Balaban J connectivity index is 2.69. The van der Waals surface area contributed by atoms with Gasteiger partial charge in [-0.25, -0.2) is 9.97 Å². The molecule has 1 aromatic carbocycles. The Hall–Kier alpha value is -2.30. The Morgan fingerprint density at radius 3 is 1.81 bits per heavy atom. The van der Waals surface area contributed by atoms with Crippen LogP contribution in [0.2, 0.25) is 0 Å². The number of rotatable bonds is 4. The van der Waals surface area contributed by atoms with E-state index in [1.54, 1.807) is 21.3 Å². The zero-order chi connectivity index (χ0) is 15.6. The second-order valence-electron chi connectivity index (χ2n) is 4.72. The van der Waals surface area contributed by atoms with Crippen molar-refractivity contribution in [1.29, 1.82) is 0 Å². The summed E-state index contributed by atoms with van der Waals surface area (Å²) in [6, 6.07) is 3.70. The molecule has 0 aliphatic heterocycles. The van der Waals surface area contributed by atoms with Crippen LogP contribution >= 0.6 is 0 Å².